The van der Waals surface area contributed by atoms with E-state index in [9.17, 15) is 0 Å². The fraction of sp³-hybridized carbons (Fsp3) is 0.875. The van der Waals surface area contributed by atoms with Crippen LogP contribution in [0.3, 0.4) is 0 Å². The van der Waals surface area contributed by atoms with Crippen LogP contribution in [-0.4, -0.2) is 21.8 Å². The quantitative estimate of drug-likeness (QED) is 0.394. The Morgan fingerprint density at radius 1 is 1.23 bits per heavy atom. The van der Waals surface area contributed by atoms with Gasteiger partial charge in [-0.2, -0.15) is 0 Å². The first kappa shape index (κ1) is 13.3. The topological polar surface area (TPSA) is 21.6 Å². The maximum absolute atomic E-state index is 5.66. The van der Waals surface area contributed by atoms with E-state index in [1.165, 1.54) is 0 Å². The van der Waals surface area contributed by atoms with E-state index in [0.717, 1.165) is 0 Å². The van der Waals surface area contributed by atoms with Crippen LogP contribution in [0.1, 0.15) is 27.7 Å². The number of hydrogen-bond donors (Lipinski definition) is 0. The molecule has 0 unspecified atom stereocenters. The first-order chi connectivity index (χ1) is 5.67. The van der Waals surface area contributed by atoms with Gasteiger partial charge in [-0.25, -0.2) is 4.99 Å². The van der Waals surface area contributed by atoms with Gasteiger partial charge in [-0.3, -0.25) is 0 Å². The van der Waals surface area contributed by atoms with Gasteiger partial charge in [-0.05, 0) is 27.7 Å². The van der Waals surface area contributed by atoms with Gasteiger partial charge in [0.05, 0.1) is 12.1 Å². The van der Waals surface area contributed by atoms with Crippen LogP contribution in [0.25, 0.3) is 0 Å². The summed E-state index contributed by atoms with van der Waals surface area (Å²) in [7, 11) is 0. The number of alkyl halides is 3. The smallest absolute Gasteiger partial charge is 0.266 e. The molecule has 0 rings (SSSR count). The van der Waals surface area contributed by atoms with Crippen molar-refractivity contribution >= 4 is 40.7 Å². The molecule has 0 aliphatic rings. The summed E-state index contributed by atoms with van der Waals surface area (Å²) in [4.78, 5) is 4.17. The zero-order valence-electron chi connectivity index (χ0n) is 8.20. The second-order valence-electron chi connectivity index (χ2n) is 3.52. The summed E-state index contributed by atoms with van der Waals surface area (Å²) < 4.78 is 3.56. The number of hydrogen-bond acceptors (Lipinski definition) is 2. The molecule has 0 saturated heterocycles. The Labute approximate surface area is 94.2 Å². The van der Waals surface area contributed by atoms with Crippen molar-refractivity contribution in [2.75, 3.05) is 6.61 Å². The summed E-state index contributed by atoms with van der Waals surface area (Å²) in [6.07, 6.45) is 0. The van der Waals surface area contributed by atoms with Gasteiger partial charge in [0.1, 0.15) is 0 Å². The molecular weight excluding hydrogens is 232 g/mol. The van der Waals surface area contributed by atoms with Crippen LogP contribution in [0, 0.1) is 0 Å². The fourth-order valence-corrected chi connectivity index (χ4v) is 0.909. The maximum Gasteiger partial charge on any atom is 0.266 e. The van der Waals surface area contributed by atoms with Crippen LogP contribution >= 0.6 is 34.8 Å². The lowest BCUT2D eigenvalue weighted by Crippen LogP contribution is -2.27. The molecule has 0 aliphatic heterocycles. The van der Waals surface area contributed by atoms with Gasteiger partial charge in [0, 0.05) is 0 Å². The van der Waals surface area contributed by atoms with E-state index < -0.39 is 3.79 Å². The first-order valence-electron chi connectivity index (χ1n) is 3.96. The Hall–Kier alpha value is 0.340. The molecule has 2 nitrogen and oxygen atoms in total. The van der Waals surface area contributed by atoms with Gasteiger partial charge < -0.3 is 4.74 Å². The van der Waals surface area contributed by atoms with E-state index in [1.807, 2.05) is 27.7 Å². The predicted molar refractivity (Wildman–Crippen MR) is 59.1 cm³/mol. The van der Waals surface area contributed by atoms with Crippen LogP contribution in [-0.2, 0) is 4.74 Å². The Balaban J connectivity index is 4.71. The molecule has 0 aromatic carbocycles. The zero-order chi connectivity index (χ0) is 10.7. The number of rotatable bonds is 1. The summed E-state index contributed by atoms with van der Waals surface area (Å²) in [6.45, 7) is 7.96. The highest BCUT2D eigenvalue weighted by atomic mass is 35.6. The van der Waals surface area contributed by atoms with Gasteiger partial charge in [0.15, 0.2) is 0 Å². The van der Waals surface area contributed by atoms with Crippen molar-refractivity contribution in [2.24, 2.45) is 4.99 Å². The third-order valence-corrected chi connectivity index (χ3v) is 1.45. The number of nitrogens with zero attached hydrogens (tertiary/aromatic N) is 1. The minimum Gasteiger partial charge on any atom is -0.478 e. The largest absolute Gasteiger partial charge is 0.478 e. The molecule has 78 valence electrons. The van der Waals surface area contributed by atoms with Crippen LogP contribution < -0.4 is 0 Å². The molecular formula is C8H14Cl3NO. The molecule has 0 aliphatic carbocycles. The standard InChI is InChI=1S/C8H14Cl3NO/c1-5-13-6(8(9,10)11)12-7(2,3)4/h5H2,1-4H3. The normalized spacial score (nSPS) is 14.5. The monoisotopic (exact) mass is 245 g/mol. The van der Waals surface area contributed by atoms with Crippen molar-refractivity contribution in [3.8, 4) is 0 Å². The fourth-order valence-electron chi connectivity index (χ4n) is 0.619. The van der Waals surface area contributed by atoms with Crippen molar-refractivity contribution in [3.05, 3.63) is 0 Å². The summed E-state index contributed by atoms with van der Waals surface area (Å²) in [5.41, 5.74) is -0.311. The SMILES string of the molecule is CCOC(=NC(C)(C)C)C(Cl)(Cl)Cl. The lowest BCUT2D eigenvalue weighted by molar-refractivity contribution is 0.314. The molecule has 5 heteroatoms. The molecule has 0 radical (unpaired) electrons. The molecule has 0 bridgehead atoms. The molecule has 0 spiro atoms. The molecule has 0 fully saturated rings. The molecule has 0 amide bonds. The Bertz CT molecular complexity index is 191. The first-order valence-corrected chi connectivity index (χ1v) is 5.10. The zero-order valence-corrected chi connectivity index (χ0v) is 10.5. The van der Waals surface area contributed by atoms with Crippen molar-refractivity contribution in [2.45, 2.75) is 37.0 Å². The third-order valence-electron chi connectivity index (χ3n) is 0.961. The second-order valence-corrected chi connectivity index (χ2v) is 5.80. The highest BCUT2D eigenvalue weighted by Crippen LogP contribution is 2.30. The Morgan fingerprint density at radius 2 is 1.69 bits per heavy atom. The molecule has 0 saturated carbocycles. The lowest BCUT2D eigenvalue weighted by atomic mass is 10.1. The average Bonchev–Trinajstić information content (AvgIpc) is 1.81. The van der Waals surface area contributed by atoms with E-state index >= 15 is 0 Å². The summed E-state index contributed by atoms with van der Waals surface area (Å²) in [5, 5.41) is 0. The highest BCUT2D eigenvalue weighted by molar-refractivity contribution is 6.76. The van der Waals surface area contributed by atoms with Gasteiger partial charge in [0.25, 0.3) is 3.79 Å². The molecule has 0 heterocycles. The van der Waals surface area contributed by atoms with E-state index in [4.69, 9.17) is 39.5 Å². The number of aliphatic imine (C=N–C) groups is 1. The summed E-state index contributed by atoms with van der Waals surface area (Å²) in [6, 6.07) is 0. The molecule has 13 heavy (non-hydrogen) atoms. The van der Waals surface area contributed by atoms with Gasteiger partial charge >= 0.3 is 0 Å². The Morgan fingerprint density at radius 3 is 1.92 bits per heavy atom. The highest BCUT2D eigenvalue weighted by Gasteiger charge is 2.31. The van der Waals surface area contributed by atoms with Gasteiger partial charge in [-0.15, -0.1) is 0 Å². The minimum atomic E-state index is -1.58. The molecule has 0 atom stereocenters. The van der Waals surface area contributed by atoms with E-state index in [1.54, 1.807) is 0 Å². The molecule has 0 aromatic rings. The molecule has 0 N–H and O–H groups in total. The number of ether oxygens (including phenoxy) is 1. The Kier molecular flexibility index (Phi) is 4.84. The third kappa shape index (κ3) is 6.42. The second kappa shape index (κ2) is 4.72. The van der Waals surface area contributed by atoms with Gasteiger partial charge in [0.2, 0.25) is 5.90 Å². The van der Waals surface area contributed by atoms with Crippen molar-refractivity contribution in [1.82, 2.24) is 0 Å². The van der Waals surface area contributed by atoms with Crippen molar-refractivity contribution in [1.29, 1.82) is 0 Å². The van der Waals surface area contributed by atoms with Gasteiger partial charge in [-0.1, -0.05) is 34.8 Å². The van der Waals surface area contributed by atoms with E-state index in [2.05, 4.69) is 4.99 Å². The van der Waals surface area contributed by atoms with Crippen LogP contribution in [0.15, 0.2) is 4.99 Å². The predicted octanol–water partition coefficient (Wildman–Crippen LogP) is 3.59. The van der Waals surface area contributed by atoms with E-state index in [-0.39, 0.29) is 11.4 Å². The summed E-state index contributed by atoms with van der Waals surface area (Å²) in [5.74, 6) is 0.146. The maximum atomic E-state index is 5.66. The van der Waals surface area contributed by atoms with Crippen molar-refractivity contribution < 1.29 is 4.74 Å². The summed E-state index contributed by atoms with van der Waals surface area (Å²) >= 11 is 17.0. The van der Waals surface area contributed by atoms with Crippen molar-refractivity contribution in [3.63, 3.8) is 0 Å². The van der Waals surface area contributed by atoms with Crippen LogP contribution in [0.4, 0.5) is 0 Å². The lowest BCUT2D eigenvalue weighted by Gasteiger charge is -2.20. The molecule has 0 aromatic heterocycles. The van der Waals surface area contributed by atoms with E-state index in [0.29, 0.717) is 6.61 Å². The average molecular weight is 247 g/mol. The van der Waals surface area contributed by atoms with Crippen LogP contribution in [0.2, 0.25) is 0 Å². The number of halogens is 3. The van der Waals surface area contributed by atoms with Crippen LogP contribution in [0.5, 0.6) is 0 Å². The minimum absolute atomic E-state index is 0.146.